The number of benzene rings is 2. The highest BCUT2D eigenvalue weighted by Crippen LogP contribution is 2.16. The average Bonchev–Trinajstić information content (AvgIpc) is 3.44. The second-order valence-corrected chi connectivity index (χ2v) is 6.76. The van der Waals surface area contributed by atoms with Crippen LogP contribution in [0.25, 0.3) is 0 Å². The average molecular weight is 461 g/mol. The van der Waals surface area contributed by atoms with Crippen molar-refractivity contribution in [3.05, 3.63) is 83.8 Å². The summed E-state index contributed by atoms with van der Waals surface area (Å²) in [6.45, 7) is 2.14. The number of furan rings is 1. The molecule has 1 aromatic heterocycles. The molecule has 0 spiro atoms. The van der Waals surface area contributed by atoms with Gasteiger partial charge in [-0.3, -0.25) is 4.99 Å². The molecule has 0 saturated heterocycles. The predicted octanol–water partition coefficient (Wildman–Crippen LogP) is 4.01. The summed E-state index contributed by atoms with van der Waals surface area (Å²) in [5.74, 6) is 1.98. The van der Waals surface area contributed by atoms with Gasteiger partial charge in [-0.2, -0.15) is 0 Å². The van der Waals surface area contributed by atoms with Crippen LogP contribution in [0.15, 0.2) is 81.3 Å². The molecule has 0 saturated carbocycles. The minimum atomic E-state index is 0. The maximum atomic E-state index is 5.93. The van der Waals surface area contributed by atoms with Crippen molar-refractivity contribution in [3.63, 3.8) is 0 Å². The van der Waals surface area contributed by atoms with E-state index in [1.165, 1.54) is 11.1 Å². The molecule has 0 radical (unpaired) electrons. The van der Waals surface area contributed by atoms with E-state index in [-0.39, 0.29) is 24.8 Å². The number of nitrogens with zero attached hydrogens (tertiary/aromatic N) is 2. The Bertz CT molecular complexity index is 986. The first-order valence-electron chi connectivity index (χ1n) is 9.57. The second-order valence-electron chi connectivity index (χ2n) is 6.76. The molecule has 164 valence electrons. The number of hydrogen-bond donors (Lipinski definition) is 4. The first-order chi connectivity index (χ1) is 14.2. The van der Waals surface area contributed by atoms with Gasteiger partial charge < -0.3 is 26.1 Å². The zero-order valence-electron chi connectivity index (χ0n) is 16.9. The van der Waals surface area contributed by atoms with Crippen molar-refractivity contribution in [1.29, 1.82) is 0 Å². The lowest BCUT2D eigenvalue weighted by molar-refractivity contribution is 0.513. The molecule has 1 aliphatic rings. The molecular weight excluding hydrogens is 435 g/mol. The van der Waals surface area contributed by atoms with E-state index in [9.17, 15) is 0 Å². The Balaban J connectivity index is 0.00000171. The van der Waals surface area contributed by atoms with Crippen LogP contribution in [0.5, 0.6) is 0 Å². The predicted molar refractivity (Wildman–Crippen MR) is 132 cm³/mol. The standard InChI is InChI=1S/C22H24N6O.2ClH/c23-21(26-15-20-2-1-13-29-20)27-18-7-3-16(4-8-18)14-17-5-9-19(10-6-17)28-22-24-11-12-25-22;;/h1-10,13H,11-12,14-15H2,(H3,23,26,27)(H2,24,25,28);2*1H. The topological polar surface area (TPSA) is 100.0 Å². The Morgan fingerprint density at radius 3 is 2.26 bits per heavy atom. The van der Waals surface area contributed by atoms with E-state index >= 15 is 0 Å². The molecule has 0 aliphatic carbocycles. The zero-order valence-corrected chi connectivity index (χ0v) is 18.5. The lowest BCUT2D eigenvalue weighted by Crippen LogP contribution is -2.26. The quantitative estimate of drug-likeness (QED) is 0.328. The summed E-state index contributed by atoms with van der Waals surface area (Å²) in [6, 6.07) is 20.3. The van der Waals surface area contributed by atoms with E-state index < -0.39 is 0 Å². The summed E-state index contributed by atoms with van der Waals surface area (Å²) in [5.41, 5.74) is 10.3. The molecule has 0 fully saturated rings. The number of nitrogens with one attached hydrogen (secondary N) is 3. The minimum Gasteiger partial charge on any atom is -0.467 e. The van der Waals surface area contributed by atoms with Crippen LogP contribution in [0, 0.1) is 0 Å². The zero-order chi connectivity index (χ0) is 19.9. The first kappa shape index (κ1) is 24.1. The minimum absolute atomic E-state index is 0. The van der Waals surface area contributed by atoms with Crippen LogP contribution >= 0.6 is 24.8 Å². The smallest absolute Gasteiger partial charge is 0.195 e. The van der Waals surface area contributed by atoms with Crippen LogP contribution in [0.2, 0.25) is 0 Å². The molecule has 0 atom stereocenters. The van der Waals surface area contributed by atoms with Crippen LogP contribution in [0.3, 0.4) is 0 Å². The monoisotopic (exact) mass is 460 g/mol. The fraction of sp³-hybridized carbons (Fsp3) is 0.182. The van der Waals surface area contributed by atoms with Crippen LogP contribution < -0.4 is 21.7 Å². The fourth-order valence-corrected chi connectivity index (χ4v) is 3.02. The summed E-state index contributed by atoms with van der Waals surface area (Å²) >= 11 is 0. The molecule has 9 heteroatoms. The first-order valence-corrected chi connectivity index (χ1v) is 9.57. The molecule has 0 bridgehead atoms. The number of halogens is 2. The van der Waals surface area contributed by atoms with E-state index in [0.717, 1.165) is 42.6 Å². The van der Waals surface area contributed by atoms with E-state index in [0.29, 0.717) is 12.5 Å². The van der Waals surface area contributed by atoms with Gasteiger partial charge in [0.1, 0.15) is 12.3 Å². The number of rotatable bonds is 6. The van der Waals surface area contributed by atoms with E-state index in [2.05, 4.69) is 62.3 Å². The highest BCUT2D eigenvalue weighted by molar-refractivity contribution is 5.94. The van der Waals surface area contributed by atoms with Gasteiger partial charge in [-0.05, 0) is 53.9 Å². The van der Waals surface area contributed by atoms with Gasteiger partial charge in [0.15, 0.2) is 11.9 Å². The SMILES string of the molecule is Cl.Cl.NC(=NCc1ccco1)Nc1ccc(Cc2ccc(NC3=NCCN3)cc2)cc1. The third kappa shape index (κ3) is 7.24. The Hall–Kier alpha value is -3.16. The third-order valence-electron chi connectivity index (χ3n) is 4.51. The van der Waals surface area contributed by atoms with Crippen molar-refractivity contribution in [3.8, 4) is 0 Å². The van der Waals surface area contributed by atoms with Gasteiger partial charge in [-0.15, -0.1) is 24.8 Å². The second kappa shape index (κ2) is 11.9. The Kier molecular flexibility index (Phi) is 9.24. The molecule has 5 N–H and O–H groups in total. The number of nitrogens with two attached hydrogens (primary N) is 1. The maximum absolute atomic E-state index is 5.93. The lowest BCUT2D eigenvalue weighted by atomic mass is 10.0. The third-order valence-corrected chi connectivity index (χ3v) is 4.51. The number of guanidine groups is 2. The summed E-state index contributed by atoms with van der Waals surface area (Å²) in [6.07, 6.45) is 2.49. The lowest BCUT2D eigenvalue weighted by Gasteiger charge is -2.09. The van der Waals surface area contributed by atoms with Crippen molar-refractivity contribution in [2.75, 3.05) is 23.7 Å². The molecule has 3 aromatic rings. The summed E-state index contributed by atoms with van der Waals surface area (Å²) in [4.78, 5) is 8.61. The van der Waals surface area contributed by atoms with Gasteiger partial charge in [0, 0.05) is 17.9 Å². The maximum Gasteiger partial charge on any atom is 0.195 e. The molecule has 0 unspecified atom stereocenters. The Morgan fingerprint density at radius 1 is 1.00 bits per heavy atom. The van der Waals surface area contributed by atoms with E-state index in [1.807, 2.05) is 24.3 Å². The van der Waals surface area contributed by atoms with Crippen molar-refractivity contribution >= 4 is 48.1 Å². The van der Waals surface area contributed by atoms with Crippen molar-refractivity contribution in [1.82, 2.24) is 5.32 Å². The Morgan fingerprint density at radius 2 is 1.68 bits per heavy atom. The van der Waals surface area contributed by atoms with Crippen LogP contribution in [0.4, 0.5) is 11.4 Å². The summed E-state index contributed by atoms with van der Waals surface area (Å²) < 4.78 is 5.24. The normalized spacial score (nSPS) is 12.8. The molecule has 0 amide bonds. The molecule has 2 aromatic carbocycles. The van der Waals surface area contributed by atoms with E-state index in [4.69, 9.17) is 10.2 Å². The molecule has 2 heterocycles. The van der Waals surface area contributed by atoms with Gasteiger partial charge >= 0.3 is 0 Å². The molecule has 4 rings (SSSR count). The summed E-state index contributed by atoms with van der Waals surface area (Å²) in [5, 5.41) is 9.58. The van der Waals surface area contributed by atoms with Gasteiger partial charge in [0.05, 0.1) is 12.8 Å². The molecular formula is C22H26Cl2N6O. The van der Waals surface area contributed by atoms with Crippen molar-refractivity contribution < 1.29 is 4.42 Å². The largest absolute Gasteiger partial charge is 0.467 e. The van der Waals surface area contributed by atoms with Crippen LogP contribution in [0.1, 0.15) is 16.9 Å². The number of anilines is 2. The molecule has 1 aliphatic heterocycles. The number of aliphatic imine (C=N–C) groups is 2. The van der Waals surface area contributed by atoms with Gasteiger partial charge in [-0.1, -0.05) is 24.3 Å². The Labute approximate surface area is 194 Å². The van der Waals surface area contributed by atoms with Crippen LogP contribution in [-0.2, 0) is 13.0 Å². The summed E-state index contributed by atoms with van der Waals surface area (Å²) in [7, 11) is 0. The fourth-order valence-electron chi connectivity index (χ4n) is 3.02. The number of hydrogen-bond acceptors (Lipinski definition) is 5. The van der Waals surface area contributed by atoms with Crippen molar-refractivity contribution in [2.24, 2.45) is 15.7 Å². The van der Waals surface area contributed by atoms with Gasteiger partial charge in [0.2, 0.25) is 0 Å². The van der Waals surface area contributed by atoms with Crippen molar-refractivity contribution in [2.45, 2.75) is 13.0 Å². The van der Waals surface area contributed by atoms with Crippen LogP contribution in [-0.4, -0.2) is 25.0 Å². The van der Waals surface area contributed by atoms with Gasteiger partial charge in [-0.25, -0.2) is 4.99 Å². The van der Waals surface area contributed by atoms with E-state index in [1.54, 1.807) is 6.26 Å². The highest BCUT2D eigenvalue weighted by Gasteiger charge is 2.05. The highest BCUT2D eigenvalue weighted by atomic mass is 35.5. The molecule has 31 heavy (non-hydrogen) atoms. The van der Waals surface area contributed by atoms with Gasteiger partial charge in [0.25, 0.3) is 0 Å². The molecule has 7 nitrogen and oxygen atoms in total.